The van der Waals surface area contributed by atoms with Gasteiger partial charge in [-0.25, -0.2) is 0 Å². The van der Waals surface area contributed by atoms with E-state index in [0.29, 0.717) is 6.54 Å². The molecule has 1 aromatic heterocycles. The van der Waals surface area contributed by atoms with Gasteiger partial charge >= 0.3 is 0 Å². The van der Waals surface area contributed by atoms with E-state index in [1.54, 1.807) is 7.05 Å². The van der Waals surface area contributed by atoms with Crippen LogP contribution in [0.1, 0.15) is 25.2 Å². The third-order valence-electron chi connectivity index (χ3n) is 3.33. The fraction of sp³-hybridized carbons (Fsp3) is 0.400. The van der Waals surface area contributed by atoms with Crippen molar-refractivity contribution in [1.29, 1.82) is 0 Å². The minimum absolute atomic E-state index is 0.00847. The number of para-hydroxylation sites is 1. The number of aryl methyl sites for hydroxylation is 1. The summed E-state index contributed by atoms with van der Waals surface area (Å²) in [5.41, 5.74) is 2.05. The van der Waals surface area contributed by atoms with Crippen molar-refractivity contribution in [2.45, 2.75) is 32.9 Å². The fourth-order valence-corrected chi connectivity index (χ4v) is 2.19. The van der Waals surface area contributed by atoms with Crippen molar-refractivity contribution in [3.8, 4) is 0 Å². The molecule has 19 heavy (non-hydrogen) atoms. The summed E-state index contributed by atoms with van der Waals surface area (Å²) < 4.78 is 5.83. The van der Waals surface area contributed by atoms with Crippen LogP contribution in [0.15, 0.2) is 28.7 Å². The quantitative estimate of drug-likeness (QED) is 0.866. The number of carbonyl (C=O) groups excluding carboxylic acids is 1. The second-order valence-corrected chi connectivity index (χ2v) is 4.57. The van der Waals surface area contributed by atoms with Crippen LogP contribution in [0.2, 0.25) is 0 Å². The summed E-state index contributed by atoms with van der Waals surface area (Å²) in [4.78, 5) is 11.5. The summed E-state index contributed by atoms with van der Waals surface area (Å²) in [6, 6.07) is 7.78. The van der Waals surface area contributed by atoms with Crippen molar-refractivity contribution >= 4 is 16.9 Å². The van der Waals surface area contributed by atoms with Gasteiger partial charge in [0, 0.05) is 31.0 Å². The van der Waals surface area contributed by atoms with Crippen LogP contribution in [0.5, 0.6) is 0 Å². The zero-order valence-corrected chi connectivity index (χ0v) is 11.6. The molecule has 1 atom stereocenters. The van der Waals surface area contributed by atoms with Crippen molar-refractivity contribution in [2.75, 3.05) is 7.05 Å². The lowest BCUT2D eigenvalue weighted by Gasteiger charge is -2.12. The lowest BCUT2D eigenvalue weighted by atomic mass is 10.1. The molecule has 0 fully saturated rings. The van der Waals surface area contributed by atoms with Gasteiger partial charge in [0.2, 0.25) is 5.91 Å². The number of fused-ring (bicyclic) bond motifs is 1. The normalized spacial score (nSPS) is 12.6. The van der Waals surface area contributed by atoms with Crippen molar-refractivity contribution in [2.24, 2.45) is 0 Å². The average Bonchev–Trinajstić information content (AvgIpc) is 2.81. The third-order valence-corrected chi connectivity index (χ3v) is 3.33. The van der Waals surface area contributed by atoms with E-state index in [1.807, 2.05) is 25.1 Å². The highest BCUT2D eigenvalue weighted by Crippen LogP contribution is 2.26. The van der Waals surface area contributed by atoms with Gasteiger partial charge in [0.25, 0.3) is 0 Å². The maximum Gasteiger partial charge on any atom is 0.236 e. The molecule has 4 nitrogen and oxygen atoms in total. The highest BCUT2D eigenvalue weighted by atomic mass is 16.3. The number of hydrogen-bond donors (Lipinski definition) is 2. The van der Waals surface area contributed by atoms with E-state index in [2.05, 4.69) is 23.6 Å². The number of likely N-dealkylation sites (N-methyl/N-ethyl adjacent to an activating group) is 1. The first-order valence-electron chi connectivity index (χ1n) is 6.61. The van der Waals surface area contributed by atoms with Gasteiger partial charge in [-0.15, -0.1) is 0 Å². The molecule has 0 aliphatic carbocycles. The minimum atomic E-state index is -0.219. The molecule has 2 aromatic rings. The molecule has 1 amide bonds. The average molecular weight is 260 g/mol. The number of rotatable bonds is 5. The Morgan fingerprint density at radius 2 is 2.11 bits per heavy atom. The monoisotopic (exact) mass is 260 g/mol. The van der Waals surface area contributed by atoms with Crippen molar-refractivity contribution in [1.82, 2.24) is 10.6 Å². The van der Waals surface area contributed by atoms with E-state index in [0.717, 1.165) is 28.7 Å². The van der Waals surface area contributed by atoms with Gasteiger partial charge in [0.1, 0.15) is 11.3 Å². The van der Waals surface area contributed by atoms with Crippen LogP contribution in [0.3, 0.4) is 0 Å². The Morgan fingerprint density at radius 3 is 2.79 bits per heavy atom. The van der Waals surface area contributed by atoms with Gasteiger partial charge in [0.05, 0.1) is 6.04 Å². The zero-order valence-electron chi connectivity index (χ0n) is 11.6. The Labute approximate surface area is 113 Å². The van der Waals surface area contributed by atoms with Crippen LogP contribution in [0.25, 0.3) is 11.0 Å². The second kappa shape index (κ2) is 5.89. The van der Waals surface area contributed by atoms with Gasteiger partial charge in [0.15, 0.2) is 0 Å². The first-order valence-corrected chi connectivity index (χ1v) is 6.61. The van der Waals surface area contributed by atoms with Crippen molar-refractivity contribution < 1.29 is 9.21 Å². The number of furan rings is 1. The van der Waals surface area contributed by atoms with E-state index in [9.17, 15) is 4.79 Å². The largest absolute Gasteiger partial charge is 0.461 e. The molecule has 4 heteroatoms. The minimum Gasteiger partial charge on any atom is -0.461 e. The van der Waals surface area contributed by atoms with Crippen molar-refractivity contribution in [3.05, 3.63) is 35.6 Å². The lowest BCUT2D eigenvalue weighted by Crippen LogP contribution is -2.40. The standard InChI is InChI=1S/C15H20N2O2/c1-4-13-12(9-17-10(2)15(18)16-3)11-7-5-6-8-14(11)19-13/h5-8,10,17H,4,9H2,1-3H3,(H,16,18). The molecule has 0 radical (unpaired) electrons. The number of hydrogen-bond acceptors (Lipinski definition) is 3. The molecule has 0 saturated carbocycles. The lowest BCUT2D eigenvalue weighted by molar-refractivity contribution is -0.122. The summed E-state index contributed by atoms with van der Waals surface area (Å²) in [5.74, 6) is 0.976. The van der Waals surface area contributed by atoms with E-state index in [1.165, 1.54) is 0 Å². The van der Waals surface area contributed by atoms with E-state index >= 15 is 0 Å². The van der Waals surface area contributed by atoms with Gasteiger partial charge in [-0.1, -0.05) is 25.1 Å². The highest BCUT2D eigenvalue weighted by molar-refractivity contribution is 5.83. The molecular formula is C15H20N2O2. The van der Waals surface area contributed by atoms with Crippen LogP contribution < -0.4 is 10.6 Å². The van der Waals surface area contributed by atoms with Gasteiger partial charge in [-0.3, -0.25) is 4.79 Å². The van der Waals surface area contributed by atoms with Crippen LogP contribution in [-0.2, 0) is 17.8 Å². The molecular weight excluding hydrogens is 240 g/mol. The maximum absolute atomic E-state index is 11.5. The predicted molar refractivity (Wildman–Crippen MR) is 76.0 cm³/mol. The fourth-order valence-electron chi connectivity index (χ4n) is 2.19. The third kappa shape index (κ3) is 2.79. The number of carbonyl (C=O) groups is 1. The Balaban J connectivity index is 2.22. The second-order valence-electron chi connectivity index (χ2n) is 4.57. The molecule has 1 heterocycles. The molecule has 0 spiro atoms. The summed E-state index contributed by atoms with van der Waals surface area (Å²) >= 11 is 0. The number of benzene rings is 1. The maximum atomic E-state index is 11.5. The Bertz CT molecular complexity index is 575. The molecule has 1 aromatic carbocycles. The molecule has 102 valence electrons. The summed E-state index contributed by atoms with van der Waals surface area (Å²) in [6.07, 6.45) is 0.847. The van der Waals surface area contributed by atoms with E-state index in [4.69, 9.17) is 4.42 Å². The Kier molecular flexibility index (Phi) is 4.22. The summed E-state index contributed by atoms with van der Waals surface area (Å²) in [7, 11) is 1.64. The molecule has 2 N–H and O–H groups in total. The molecule has 1 unspecified atom stereocenters. The highest BCUT2D eigenvalue weighted by Gasteiger charge is 2.15. The first kappa shape index (κ1) is 13.6. The molecule has 2 rings (SSSR count). The Hall–Kier alpha value is -1.81. The van der Waals surface area contributed by atoms with Crippen LogP contribution in [0, 0.1) is 0 Å². The first-order chi connectivity index (χ1) is 9.17. The van der Waals surface area contributed by atoms with Crippen LogP contribution in [-0.4, -0.2) is 19.0 Å². The molecule has 0 aliphatic rings. The molecule has 0 saturated heterocycles. The van der Waals surface area contributed by atoms with Crippen molar-refractivity contribution in [3.63, 3.8) is 0 Å². The SMILES string of the molecule is CCc1oc2ccccc2c1CNC(C)C(=O)NC. The van der Waals surface area contributed by atoms with Gasteiger partial charge < -0.3 is 15.1 Å². The zero-order chi connectivity index (χ0) is 13.8. The number of nitrogens with one attached hydrogen (secondary N) is 2. The topological polar surface area (TPSA) is 54.3 Å². The van der Waals surface area contributed by atoms with E-state index < -0.39 is 0 Å². The molecule has 0 aliphatic heterocycles. The molecule has 0 bridgehead atoms. The van der Waals surface area contributed by atoms with Gasteiger partial charge in [-0.05, 0) is 13.0 Å². The summed E-state index contributed by atoms with van der Waals surface area (Å²) in [6.45, 7) is 4.56. The van der Waals surface area contributed by atoms with Crippen LogP contribution >= 0.6 is 0 Å². The predicted octanol–water partition coefficient (Wildman–Crippen LogP) is 2.22. The number of amides is 1. The van der Waals surface area contributed by atoms with Crippen LogP contribution in [0.4, 0.5) is 0 Å². The van der Waals surface area contributed by atoms with E-state index in [-0.39, 0.29) is 11.9 Å². The van der Waals surface area contributed by atoms with Gasteiger partial charge in [-0.2, -0.15) is 0 Å². The summed E-state index contributed by atoms with van der Waals surface area (Å²) in [5, 5.41) is 6.99. The smallest absolute Gasteiger partial charge is 0.236 e. The Morgan fingerprint density at radius 1 is 1.37 bits per heavy atom.